The van der Waals surface area contributed by atoms with Gasteiger partial charge >= 0.3 is 0 Å². The van der Waals surface area contributed by atoms with Crippen molar-refractivity contribution in [2.45, 2.75) is 19.3 Å². The van der Waals surface area contributed by atoms with Crippen LogP contribution in [0.1, 0.15) is 18.4 Å². The van der Waals surface area contributed by atoms with Crippen LogP contribution in [-0.2, 0) is 16.0 Å². The molecule has 0 heterocycles. The standard InChI is InChI=1S/C16H22N2O2S/c1-21-12-9-15(19)17-10-5-6-11-18-16(20)13-14-7-3-2-4-8-14/h2-4,7-9,12H,5-6,10-11,13H2,1H3,(H,17,19)(H,18,20). The lowest BCUT2D eigenvalue weighted by molar-refractivity contribution is -0.120. The Morgan fingerprint density at radius 2 is 1.76 bits per heavy atom. The number of amides is 2. The number of unbranched alkanes of at least 4 members (excludes halogenated alkanes) is 1. The summed E-state index contributed by atoms with van der Waals surface area (Å²) in [4.78, 5) is 22.9. The molecule has 0 unspecified atom stereocenters. The van der Waals surface area contributed by atoms with Crippen molar-refractivity contribution in [1.82, 2.24) is 10.6 Å². The zero-order valence-corrected chi connectivity index (χ0v) is 13.1. The molecule has 1 aromatic carbocycles. The lowest BCUT2D eigenvalue weighted by Crippen LogP contribution is -2.27. The molecular weight excluding hydrogens is 284 g/mol. The van der Waals surface area contributed by atoms with E-state index in [1.165, 1.54) is 17.8 Å². The Morgan fingerprint density at radius 3 is 2.43 bits per heavy atom. The highest BCUT2D eigenvalue weighted by Gasteiger charge is 2.01. The van der Waals surface area contributed by atoms with E-state index in [0.717, 1.165) is 18.4 Å². The van der Waals surface area contributed by atoms with Crippen molar-refractivity contribution < 1.29 is 9.59 Å². The Hall–Kier alpha value is -1.75. The fourth-order valence-electron chi connectivity index (χ4n) is 1.72. The topological polar surface area (TPSA) is 58.2 Å². The Balaban J connectivity index is 2.02. The van der Waals surface area contributed by atoms with Crippen molar-refractivity contribution in [3.05, 3.63) is 47.4 Å². The summed E-state index contributed by atoms with van der Waals surface area (Å²) in [6.07, 6.45) is 5.54. The van der Waals surface area contributed by atoms with Crippen molar-refractivity contribution in [2.75, 3.05) is 19.3 Å². The summed E-state index contributed by atoms with van der Waals surface area (Å²) in [6.45, 7) is 1.27. The quantitative estimate of drug-likeness (QED) is 0.543. The Labute approximate surface area is 130 Å². The zero-order chi connectivity index (χ0) is 15.3. The summed E-state index contributed by atoms with van der Waals surface area (Å²) in [5.74, 6) is -0.0365. The van der Waals surface area contributed by atoms with E-state index >= 15 is 0 Å². The van der Waals surface area contributed by atoms with E-state index in [1.807, 2.05) is 36.6 Å². The molecule has 1 aromatic rings. The van der Waals surface area contributed by atoms with Crippen LogP contribution in [0.15, 0.2) is 41.8 Å². The SMILES string of the molecule is CSC=CC(=O)NCCCCNC(=O)Cc1ccccc1. The molecule has 0 spiro atoms. The fourth-order valence-corrected chi connectivity index (χ4v) is 1.98. The number of nitrogens with one attached hydrogen (secondary N) is 2. The molecule has 0 aromatic heterocycles. The van der Waals surface area contributed by atoms with Crippen LogP contribution in [0.2, 0.25) is 0 Å². The highest BCUT2D eigenvalue weighted by Crippen LogP contribution is 1.99. The second-order valence-electron chi connectivity index (χ2n) is 4.55. The van der Waals surface area contributed by atoms with Crippen LogP contribution >= 0.6 is 11.8 Å². The number of thioether (sulfide) groups is 1. The largest absolute Gasteiger partial charge is 0.356 e. The number of carbonyl (C=O) groups excluding carboxylic acids is 2. The summed E-state index contributed by atoms with van der Waals surface area (Å²) in [6, 6.07) is 9.67. The monoisotopic (exact) mass is 306 g/mol. The summed E-state index contributed by atoms with van der Waals surface area (Å²) >= 11 is 1.49. The number of hydrogen-bond acceptors (Lipinski definition) is 3. The normalized spacial score (nSPS) is 10.5. The third-order valence-corrected chi connectivity index (χ3v) is 3.20. The molecule has 0 fully saturated rings. The minimum atomic E-state index is -0.0718. The van der Waals surface area contributed by atoms with Gasteiger partial charge in [0.1, 0.15) is 0 Å². The highest BCUT2D eigenvalue weighted by atomic mass is 32.2. The molecule has 0 aliphatic heterocycles. The Kier molecular flexibility index (Phi) is 9.04. The summed E-state index contributed by atoms with van der Waals surface area (Å²) in [5.41, 5.74) is 1.02. The van der Waals surface area contributed by atoms with Gasteiger partial charge in [-0.3, -0.25) is 9.59 Å². The van der Waals surface area contributed by atoms with Crippen LogP contribution in [0.4, 0.5) is 0 Å². The third kappa shape index (κ3) is 8.92. The zero-order valence-electron chi connectivity index (χ0n) is 12.3. The van der Waals surface area contributed by atoms with Gasteiger partial charge in [-0.1, -0.05) is 30.3 Å². The highest BCUT2D eigenvalue weighted by molar-refractivity contribution is 8.01. The summed E-state index contributed by atoms with van der Waals surface area (Å²) in [7, 11) is 0. The van der Waals surface area contributed by atoms with Crippen molar-refractivity contribution in [3.63, 3.8) is 0 Å². The molecule has 4 nitrogen and oxygen atoms in total. The smallest absolute Gasteiger partial charge is 0.244 e. The van der Waals surface area contributed by atoms with Gasteiger partial charge in [0, 0.05) is 19.2 Å². The van der Waals surface area contributed by atoms with Gasteiger partial charge in [0.05, 0.1) is 6.42 Å². The molecule has 114 valence electrons. The van der Waals surface area contributed by atoms with Crippen molar-refractivity contribution >= 4 is 23.6 Å². The molecule has 2 amide bonds. The van der Waals surface area contributed by atoms with Gasteiger partial charge < -0.3 is 10.6 Å². The molecule has 0 radical (unpaired) electrons. The molecule has 2 N–H and O–H groups in total. The van der Waals surface area contributed by atoms with Crippen LogP contribution in [0.25, 0.3) is 0 Å². The van der Waals surface area contributed by atoms with Gasteiger partial charge in [0.15, 0.2) is 0 Å². The number of hydrogen-bond donors (Lipinski definition) is 2. The minimum absolute atomic E-state index is 0.0353. The second-order valence-corrected chi connectivity index (χ2v) is 5.29. The van der Waals surface area contributed by atoms with Gasteiger partial charge in [0.25, 0.3) is 0 Å². The lowest BCUT2D eigenvalue weighted by atomic mass is 10.1. The Morgan fingerprint density at radius 1 is 1.10 bits per heavy atom. The molecule has 0 atom stereocenters. The average molecular weight is 306 g/mol. The molecule has 5 heteroatoms. The maximum absolute atomic E-state index is 11.7. The minimum Gasteiger partial charge on any atom is -0.356 e. The van der Waals surface area contributed by atoms with Crippen molar-refractivity contribution in [2.24, 2.45) is 0 Å². The second kappa shape index (κ2) is 11.0. The first-order chi connectivity index (χ1) is 10.2. The van der Waals surface area contributed by atoms with Crippen LogP contribution in [-0.4, -0.2) is 31.2 Å². The van der Waals surface area contributed by atoms with Gasteiger partial charge in [0.2, 0.25) is 11.8 Å². The van der Waals surface area contributed by atoms with Crippen LogP contribution in [0.5, 0.6) is 0 Å². The van der Waals surface area contributed by atoms with Crippen molar-refractivity contribution in [3.8, 4) is 0 Å². The molecule has 0 saturated carbocycles. The molecule has 0 saturated heterocycles. The predicted octanol–water partition coefficient (Wildman–Crippen LogP) is 2.12. The molecule has 1 rings (SSSR count). The molecule has 21 heavy (non-hydrogen) atoms. The van der Waals surface area contributed by atoms with E-state index in [9.17, 15) is 9.59 Å². The van der Waals surface area contributed by atoms with Gasteiger partial charge in [-0.2, -0.15) is 0 Å². The average Bonchev–Trinajstić information content (AvgIpc) is 2.49. The predicted molar refractivity (Wildman–Crippen MR) is 88.1 cm³/mol. The van der Waals surface area contributed by atoms with E-state index in [-0.39, 0.29) is 11.8 Å². The number of rotatable bonds is 9. The maximum Gasteiger partial charge on any atom is 0.244 e. The van der Waals surface area contributed by atoms with E-state index < -0.39 is 0 Å². The Bertz CT molecular complexity index is 461. The van der Waals surface area contributed by atoms with Crippen LogP contribution in [0.3, 0.4) is 0 Å². The van der Waals surface area contributed by atoms with E-state index in [1.54, 1.807) is 5.41 Å². The van der Waals surface area contributed by atoms with Crippen LogP contribution < -0.4 is 10.6 Å². The van der Waals surface area contributed by atoms with Gasteiger partial charge in [-0.05, 0) is 30.1 Å². The summed E-state index contributed by atoms with van der Waals surface area (Å²) in [5, 5.41) is 7.43. The maximum atomic E-state index is 11.7. The van der Waals surface area contributed by atoms with Crippen molar-refractivity contribution in [1.29, 1.82) is 0 Å². The van der Waals surface area contributed by atoms with E-state index in [2.05, 4.69) is 10.6 Å². The first-order valence-electron chi connectivity index (χ1n) is 7.00. The first kappa shape index (κ1) is 17.3. The number of benzene rings is 1. The fraction of sp³-hybridized carbons (Fsp3) is 0.375. The van der Waals surface area contributed by atoms with Gasteiger partial charge in [-0.25, -0.2) is 0 Å². The lowest BCUT2D eigenvalue weighted by Gasteiger charge is -2.06. The first-order valence-corrected chi connectivity index (χ1v) is 8.29. The van der Waals surface area contributed by atoms with E-state index in [4.69, 9.17) is 0 Å². The summed E-state index contributed by atoms with van der Waals surface area (Å²) < 4.78 is 0. The van der Waals surface area contributed by atoms with Gasteiger partial charge in [-0.15, -0.1) is 11.8 Å². The van der Waals surface area contributed by atoms with Crippen LogP contribution in [0, 0.1) is 0 Å². The molecule has 0 aliphatic carbocycles. The molecular formula is C16H22N2O2S. The third-order valence-electron chi connectivity index (χ3n) is 2.79. The molecule has 0 aliphatic rings. The molecule has 0 bridgehead atoms. The van der Waals surface area contributed by atoms with E-state index in [0.29, 0.717) is 19.5 Å². The number of carbonyl (C=O) groups is 2.